The highest BCUT2D eigenvalue weighted by molar-refractivity contribution is 7.91. The van der Waals surface area contributed by atoms with Gasteiger partial charge in [0.05, 0.1) is 0 Å². The fourth-order valence-corrected chi connectivity index (χ4v) is 4.37. The Hall–Kier alpha value is -1.45. The lowest BCUT2D eigenvalue weighted by Crippen LogP contribution is -2.42. The van der Waals surface area contributed by atoms with Crippen molar-refractivity contribution in [2.45, 2.75) is 22.8 Å². The van der Waals surface area contributed by atoms with Crippen LogP contribution in [-0.4, -0.2) is 28.8 Å². The van der Waals surface area contributed by atoms with Crippen molar-refractivity contribution in [2.75, 3.05) is 0 Å². The lowest BCUT2D eigenvalue weighted by molar-refractivity contribution is -0.135. The third-order valence-electron chi connectivity index (χ3n) is 2.29. The first-order valence-electron chi connectivity index (χ1n) is 4.84. The van der Waals surface area contributed by atoms with Crippen LogP contribution in [0.4, 0.5) is 0 Å². The van der Waals surface area contributed by atoms with Crippen molar-refractivity contribution in [3.63, 3.8) is 0 Å². The van der Waals surface area contributed by atoms with Crippen LogP contribution < -0.4 is 4.72 Å². The third kappa shape index (κ3) is 2.11. The van der Waals surface area contributed by atoms with Crippen LogP contribution in [0, 0.1) is 0 Å². The second-order valence-corrected chi connectivity index (χ2v) is 6.84. The lowest BCUT2D eigenvalue weighted by Gasteiger charge is -2.19. The van der Waals surface area contributed by atoms with Gasteiger partial charge in [-0.05, 0) is 19.1 Å². The Bertz CT molecular complexity index is 706. The standard InChI is InChI=1S/C9H9NO6S2/c1-6-9(11)16-18(14,15)8-5-3-2-4-7(8)17(12,13)10-6/h2-6,10H,1H3/t6-/m1/s1. The van der Waals surface area contributed by atoms with Crippen LogP contribution >= 0.6 is 0 Å². The molecule has 0 bridgehead atoms. The monoisotopic (exact) mass is 291 g/mol. The van der Waals surface area contributed by atoms with E-state index in [1.54, 1.807) is 0 Å². The quantitative estimate of drug-likeness (QED) is 0.652. The van der Waals surface area contributed by atoms with E-state index in [4.69, 9.17) is 0 Å². The fourth-order valence-electron chi connectivity index (χ4n) is 1.45. The van der Waals surface area contributed by atoms with E-state index in [2.05, 4.69) is 4.18 Å². The van der Waals surface area contributed by atoms with E-state index >= 15 is 0 Å². The largest absolute Gasteiger partial charge is 0.343 e. The number of benzene rings is 1. The van der Waals surface area contributed by atoms with Crippen molar-refractivity contribution in [1.82, 2.24) is 4.72 Å². The number of nitrogens with one attached hydrogen (secondary N) is 1. The zero-order valence-corrected chi connectivity index (χ0v) is 10.8. The van der Waals surface area contributed by atoms with Gasteiger partial charge in [0.25, 0.3) is 0 Å². The smallest absolute Gasteiger partial charge is 0.340 e. The van der Waals surface area contributed by atoms with Gasteiger partial charge in [-0.2, -0.15) is 13.1 Å². The Morgan fingerprint density at radius 3 is 2.28 bits per heavy atom. The maximum atomic E-state index is 11.9. The summed E-state index contributed by atoms with van der Waals surface area (Å²) in [6.45, 7) is 1.20. The van der Waals surface area contributed by atoms with Crippen LogP contribution in [0.1, 0.15) is 6.92 Å². The molecule has 1 aliphatic rings. The van der Waals surface area contributed by atoms with Gasteiger partial charge >= 0.3 is 16.1 Å². The maximum absolute atomic E-state index is 11.9. The third-order valence-corrected chi connectivity index (χ3v) is 5.29. The molecular weight excluding hydrogens is 282 g/mol. The highest BCUT2D eigenvalue weighted by Gasteiger charge is 2.36. The molecule has 0 radical (unpaired) electrons. The van der Waals surface area contributed by atoms with Crippen molar-refractivity contribution in [3.8, 4) is 0 Å². The molecule has 18 heavy (non-hydrogen) atoms. The molecule has 0 saturated carbocycles. The average Bonchev–Trinajstić information content (AvgIpc) is 2.27. The lowest BCUT2D eigenvalue weighted by atomic mass is 10.4. The predicted octanol–water partition coefficient (Wildman–Crippen LogP) is -0.401. The van der Waals surface area contributed by atoms with E-state index in [0.717, 1.165) is 12.1 Å². The zero-order valence-electron chi connectivity index (χ0n) is 9.15. The summed E-state index contributed by atoms with van der Waals surface area (Å²) >= 11 is 0. The Kier molecular flexibility index (Phi) is 2.92. The number of carbonyl (C=O) groups excluding carboxylic acids is 1. The molecule has 0 aliphatic carbocycles. The molecule has 0 amide bonds. The average molecular weight is 291 g/mol. The number of carbonyl (C=O) groups is 1. The molecule has 0 fully saturated rings. The van der Waals surface area contributed by atoms with Crippen LogP contribution in [0.3, 0.4) is 0 Å². The summed E-state index contributed by atoms with van der Waals surface area (Å²) in [5.74, 6) is -1.17. The van der Waals surface area contributed by atoms with E-state index in [9.17, 15) is 21.6 Å². The van der Waals surface area contributed by atoms with Crippen molar-refractivity contribution in [1.29, 1.82) is 0 Å². The minimum Gasteiger partial charge on any atom is -0.340 e. The van der Waals surface area contributed by atoms with E-state index in [-0.39, 0.29) is 0 Å². The topological polar surface area (TPSA) is 107 Å². The molecule has 1 aromatic carbocycles. The predicted molar refractivity (Wildman–Crippen MR) is 59.5 cm³/mol. The van der Waals surface area contributed by atoms with Crippen LogP contribution in [0.15, 0.2) is 34.1 Å². The van der Waals surface area contributed by atoms with Gasteiger partial charge in [0.2, 0.25) is 10.0 Å². The first-order chi connectivity index (χ1) is 8.24. The molecule has 7 nitrogen and oxygen atoms in total. The van der Waals surface area contributed by atoms with E-state index in [1.807, 2.05) is 4.72 Å². The number of hydrogen-bond donors (Lipinski definition) is 1. The van der Waals surface area contributed by atoms with Gasteiger partial charge in [-0.3, -0.25) is 0 Å². The number of fused-ring (bicyclic) bond motifs is 1. The van der Waals surface area contributed by atoms with Crippen LogP contribution in [0.5, 0.6) is 0 Å². The Morgan fingerprint density at radius 2 is 1.67 bits per heavy atom. The number of hydrogen-bond acceptors (Lipinski definition) is 6. The van der Waals surface area contributed by atoms with Crippen LogP contribution in [0.25, 0.3) is 0 Å². The molecule has 1 atom stereocenters. The first-order valence-corrected chi connectivity index (χ1v) is 7.73. The minimum absolute atomic E-state index is 0.440. The summed E-state index contributed by atoms with van der Waals surface area (Å²) in [5, 5.41) is 0. The van der Waals surface area contributed by atoms with E-state index in [1.165, 1.54) is 19.1 Å². The molecule has 1 N–H and O–H groups in total. The summed E-state index contributed by atoms with van der Waals surface area (Å²) in [5.41, 5.74) is 0. The molecule has 98 valence electrons. The second-order valence-electron chi connectivity index (χ2n) is 3.65. The molecular formula is C9H9NO6S2. The van der Waals surface area contributed by atoms with Gasteiger partial charge < -0.3 is 4.18 Å². The molecule has 1 aliphatic heterocycles. The molecule has 0 unspecified atom stereocenters. The molecule has 0 saturated heterocycles. The fraction of sp³-hybridized carbons (Fsp3) is 0.222. The van der Waals surface area contributed by atoms with Crippen molar-refractivity contribution in [2.24, 2.45) is 0 Å². The minimum atomic E-state index is -4.42. The van der Waals surface area contributed by atoms with Crippen molar-refractivity contribution >= 4 is 26.1 Å². The first kappa shape index (κ1) is 13.0. The normalized spacial score (nSPS) is 25.4. The van der Waals surface area contributed by atoms with Gasteiger partial charge in [-0.1, -0.05) is 12.1 Å². The van der Waals surface area contributed by atoms with Gasteiger partial charge in [0.15, 0.2) is 0 Å². The van der Waals surface area contributed by atoms with E-state index in [0.29, 0.717) is 0 Å². The number of rotatable bonds is 0. The molecule has 0 spiro atoms. The summed E-state index contributed by atoms with van der Waals surface area (Å²) < 4.78 is 53.7. The summed E-state index contributed by atoms with van der Waals surface area (Å²) in [4.78, 5) is 10.4. The summed E-state index contributed by atoms with van der Waals surface area (Å²) in [6.07, 6.45) is 0. The summed E-state index contributed by atoms with van der Waals surface area (Å²) in [6, 6.07) is 3.62. The van der Waals surface area contributed by atoms with E-state index < -0.39 is 41.9 Å². The maximum Gasteiger partial charge on any atom is 0.343 e. The van der Waals surface area contributed by atoms with Gasteiger partial charge in [0, 0.05) is 0 Å². The molecule has 1 aromatic rings. The van der Waals surface area contributed by atoms with Gasteiger partial charge in [0.1, 0.15) is 15.8 Å². The molecule has 0 aromatic heterocycles. The molecule has 9 heteroatoms. The zero-order chi connectivity index (χ0) is 13.6. The SMILES string of the molecule is C[C@H]1NS(=O)(=O)c2ccccc2S(=O)(=O)OC1=O. The Morgan fingerprint density at radius 1 is 1.11 bits per heavy atom. The summed E-state index contributed by atoms with van der Waals surface area (Å²) in [7, 11) is -8.51. The highest BCUT2D eigenvalue weighted by atomic mass is 32.2. The molecule has 1 heterocycles. The highest BCUT2D eigenvalue weighted by Crippen LogP contribution is 2.24. The van der Waals surface area contributed by atoms with Crippen molar-refractivity contribution < 1.29 is 25.8 Å². The van der Waals surface area contributed by atoms with Gasteiger partial charge in [-0.25, -0.2) is 13.2 Å². The molecule has 2 rings (SSSR count). The van der Waals surface area contributed by atoms with Gasteiger partial charge in [-0.15, -0.1) is 0 Å². The van der Waals surface area contributed by atoms with Crippen molar-refractivity contribution in [3.05, 3.63) is 24.3 Å². The van der Waals surface area contributed by atoms with Crippen LogP contribution in [0.2, 0.25) is 0 Å². The second kappa shape index (κ2) is 4.04. The number of sulfonamides is 1. The Labute approximate surface area is 104 Å². The van der Waals surface area contributed by atoms with Crippen LogP contribution in [-0.2, 0) is 29.1 Å². The Balaban J connectivity index is 2.79.